The van der Waals surface area contributed by atoms with Gasteiger partial charge in [0.1, 0.15) is 5.75 Å². The van der Waals surface area contributed by atoms with Crippen LogP contribution in [0.2, 0.25) is 10.0 Å². The summed E-state index contributed by atoms with van der Waals surface area (Å²) in [5.74, 6) is 0.797. The summed E-state index contributed by atoms with van der Waals surface area (Å²) < 4.78 is 5.34. The molecule has 0 bridgehead atoms. The van der Waals surface area contributed by atoms with Gasteiger partial charge in [0.2, 0.25) is 0 Å². The molecule has 0 aliphatic carbocycles. The van der Waals surface area contributed by atoms with Gasteiger partial charge in [0.05, 0.1) is 23.9 Å². The van der Waals surface area contributed by atoms with Gasteiger partial charge in [-0.25, -0.2) is 5.01 Å². The molecule has 7 heteroatoms. The molecule has 0 amide bonds. The first-order chi connectivity index (χ1) is 12.0. The summed E-state index contributed by atoms with van der Waals surface area (Å²) in [7, 11) is 3.44. The normalized spacial score (nSPS) is 16.6. The van der Waals surface area contributed by atoms with Crippen LogP contribution >= 0.6 is 35.4 Å². The predicted molar refractivity (Wildman–Crippen MR) is 107 cm³/mol. The Morgan fingerprint density at radius 3 is 2.76 bits per heavy atom. The van der Waals surface area contributed by atoms with Crippen LogP contribution in [0.25, 0.3) is 0 Å². The molecule has 4 nitrogen and oxygen atoms in total. The van der Waals surface area contributed by atoms with Crippen molar-refractivity contribution in [2.45, 2.75) is 12.5 Å². The van der Waals surface area contributed by atoms with Crippen LogP contribution in [0.15, 0.2) is 47.6 Å². The van der Waals surface area contributed by atoms with E-state index in [-0.39, 0.29) is 6.04 Å². The van der Waals surface area contributed by atoms with E-state index < -0.39 is 0 Å². The minimum absolute atomic E-state index is 0.0307. The summed E-state index contributed by atoms with van der Waals surface area (Å²) in [5.41, 5.74) is 2.80. The predicted octanol–water partition coefficient (Wildman–Crippen LogP) is 4.66. The first-order valence-electron chi connectivity index (χ1n) is 7.71. The fourth-order valence-corrected chi connectivity index (χ4v) is 3.49. The van der Waals surface area contributed by atoms with Gasteiger partial charge in [-0.05, 0) is 42.0 Å². The monoisotopic (exact) mass is 393 g/mol. The molecule has 0 radical (unpaired) electrons. The second-order valence-corrected chi connectivity index (χ2v) is 6.80. The molecule has 0 spiro atoms. The van der Waals surface area contributed by atoms with Crippen molar-refractivity contribution in [1.29, 1.82) is 0 Å². The Labute approximate surface area is 162 Å². The number of rotatable bonds is 3. The average molecular weight is 394 g/mol. The van der Waals surface area contributed by atoms with Crippen molar-refractivity contribution in [3.05, 3.63) is 63.6 Å². The SMILES string of the molecule is CNC(=S)N1N=C(c2ccc(Cl)cc2Cl)C[C@@H]1c1cccc(OC)c1. The summed E-state index contributed by atoms with van der Waals surface area (Å²) >= 11 is 17.8. The van der Waals surface area contributed by atoms with Gasteiger partial charge in [-0.2, -0.15) is 5.10 Å². The number of hydrogen-bond acceptors (Lipinski definition) is 3. The van der Waals surface area contributed by atoms with Crippen molar-refractivity contribution in [3.63, 3.8) is 0 Å². The molecule has 0 unspecified atom stereocenters. The zero-order chi connectivity index (χ0) is 18.0. The molecule has 1 heterocycles. The molecule has 130 valence electrons. The Bertz CT molecular complexity index is 841. The van der Waals surface area contributed by atoms with E-state index in [9.17, 15) is 0 Å². The van der Waals surface area contributed by atoms with E-state index in [1.54, 1.807) is 20.2 Å². The van der Waals surface area contributed by atoms with Crippen molar-refractivity contribution in [3.8, 4) is 5.75 Å². The van der Waals surface area contributed by atoms with E-state index in [1.807, 2.05) is 41.4 Å². The summed E-state index contributed by atoms with van der Waals surface area (Å²) in [6.45, 7) is 0. The third-order valence-corrected chi connectivity index (χ3v) is 4.99. The van der Waals surface area contributed by atoms with E-state index >= 15 is 0 Å². The fraction of sp³-hybridized carbons (Fsp3) is 0.222. The van der Waals surface area contributed by atoms with E-state index in [1.165, 1.54) is 0 Å². The van der Waals surface area contributed by atoms with Crippen LogP contribution in [0.1, 0.15) is 23.6 Å². The highest BCUT2D eigenvalue weighted by molar-refractivity contribution is 7.80. The van der Waals surface area contributed by atoms with Crippen molar-refractivity contribution in [2.75, 3.05) is 14.2 Å². The number of thiocarbonyl (C=S) groups is 1. The highest BCUT2D eigenvalue weighted by Crippen LogP contribution is 2.36. The minimum Gasteiger partial charge on any atom is -0.497 e. The van der Waals surface area contributed by atoms with Crippen LogP contribution in [0.5, 0.6) is 5.75 Å². The van der Waals surface area contributed by atoms with Crippen molar-refractivity contribution in [2.24, 2.45) is 5.10 Å². The van der Waals surface area contributed by atoms with Crippen molar-refractivity contribution < 1.29 is 4.74 Å². The second-order valence-electron chi connectivity index (χ2n) is 5.57. The molecule has 1 N–H and O–H groups in total. The lowest BCUT2D eigenvalue weighted by Gasteiger charge is -2.24. The van der Waals surface area contributed by atoms with Crippen molar-refractivity contribution in [1.82, 2.24) is 10.3 Å². The van der Waals surface area contributed by atoms with Crippen LogP contribution in [-0.2, 0) is 0 Å². The lowest BCUT2D eigenvalue weighted by atomic mass is 9.98. The molecule has 2 aromatic rings. The standard InChI is InChI=1S/C18H17Cl2N3OS/c1-21-18(25)23-17(11-4-3-5-13(8-11)24-2)10-16(22-23)14-7-6-12(19)9-15(14)20/h3-9,17H,10H2,1-2H3,(H,21,25)/t17-/m1/s1. The molecule has 0 saturated carbocycles. The number of halogens is 2. The van der Waals surface area contributed by atoms with Gasteiger partial charge in [-0.3, -0.25) is 0 Å². The molecule has 25 heavy (non-hydrogen) atoms. The quantitative estimate of drug-likeness (QED) is 0.769. The molecular weight excluding hydrogens is 377 g/mol. The molecule has 1 atom stereocenters. The highest BCUT2D eigenvalue weighted by Gasteiger charge is 2.32. The Kier molecular flexibility index (Phi) is 5.47. The Balaban J connectivity index is 1.99. The number of hydrazone groups is 1. The summed E-state index contributed by atoms with van der Waals surface area (Å²) in [6, 6.07) is 13.3. The van der Waals surface area contributed by atoms with E-state index in [4.69, 9.17) is 45.3 Å². The number of nitrogens with zero attached hydrogens (tertiary/aromatic N) is 2. The number of ether oxygens (including phenoxy) is 1. The van der Waals surface area contributed by atoms with Gasteiger partial charge in [0.15, 0.2) is 5.11 Å². The van der Waals surface area contributed by atoms with E-state index in [0.717, 1.165) is 22.6 Å². The van der Waals surface area contributed by atoms with Crippen LogP contribution in [0.3, 0.4) is 0 Å². The maximum absolute atomic E-state index is 6.36. The van der Waals surface area contributed by atoms with E-state index in [2.05, 4.69) is 5.32 Å². The van der Waals surface area contributed by atoms with Crippen LogP contribution in [0, 0.1) is 0 Å². The molecule has 1 aliphatic rings. The molecule has 0 saturated heterocycles. The van der Waals surface area contributed by atoms with Gasteiger partial charge < -0.3 is 10.1 Å². The van der Waals surface area contributed by atoms with Crippen molar-refractivity contribution >= 4 is 46.2 Å². The average Bonchev–Trinajstić information content (AvgIpc) is 3.06. The highest BCUT2D eigenvalue weighted by atomic mass is 35.5. The van der Waals surface area contributed by atoms with Crippen LogP contribution < -0.4 is 10.1 Å². The zero-order valence-electron chi connectivity index (χ0n) is 13.8. The first-order valence-corrected chi connectivity index (χ1v) is 8.87. The summed E-state index contributed by atoms with van der Waals surface area (Å²) in [6.07, 6.45) is 0.677. The first kappa shape index (κ1) is 18.0. The lowest BCUT2D eigenvalue weighted by Crippen LogP contribution is -2.34. The number of benzene rings is 2. The summed E-state index contributed by atoms with van der Waals surface area (Å²) in [5, 5.41) is 11.2. The van der Waals surface area contributed by atoms with Crippen LogP contribution in [-0.4, -0.2) is 30.0 Å². The third kappa shape index (κ3) is 3.73. The molecule has 1 aliphatic heterocycles. The fourth-order valence-electron chi connectivity index (χ4n) is 2.81. The largest absolute Gasteiger partial charge is 0.497 e. The zero-order valence-corrected chi connectivity index (χ0v) is 16.1. The number of hydrogen-bond donors (Lipinski definition) is 1. The maximum atomic E-state index is 6.36. The van der Waals surface area contributed by atoms with Gasteiger partial charge in [-0.1, -0.05) is 41.4 Å². The third-order valence-electron chi connectivity index (χ3n) is 4.05. The van der Waals surface area contributed by atoms with Gasteiger partial charge >= 0.3 is 0 Å². The summed E-state index contributed by atoms with van der Waals surface area (Å²) in [4.78, 5) is 0. The lowest BCUT2D eigenvalue weighted by molar-refractivity contribution is 0.363. The smallest absolute Gasteiger partial charge is 0.189 e. The number of nitrogens with one attached hydrogen (secondary N) is 1. The van der Waals surface area contributed by atoms with Gasteiger partial charge in [0.25, 0.3) is 0 Å². The molecule has 2 aromatic carbocycles. The van der Waals surface area contributed by atoms with Crippen LogP contribution in [0.4, 0.5) is 0 Å². The maximum Gasteiger partial charge on any atom is 0.189 e. The number of methoxy groups -OCH3 is 1. The molecular formula is C18H17Cl2N3OS. The Morgan fingerprint density at radius 2 is 2.08 bits per heavy atom. The van der Waals surface area contributed by atoms with Gasteiger partial charge in [0, 0.05) is 24.1 Å². The molecule has 3 rings (SSSR count). The molecule has 0 fully saturated rings. The minimum atomic E-state index is -0.0307. The second kappa shape index (κ2) is 7.60. The van der Waals surface area contributed by atoms with E-state index in [0.29, 0.717) is 21.6 Å². The van der Waals surface area contributed by atoms with Gasteiger partial charge in [-0.15, -0.1) is 0 Å². The molecule has 0 aromatic heterocycles. The Hall–Kier alpha value is -1.82. The topological polar surface area (TPSA) is 36.9 Å². The Morgan fingerprint density at radius 1 is 1.28 bits per heavy atom.